The van der Waals surface area contributed by atoms with Crippen LogP contribution in [0.1, 0.15) is 18.4 Å². The summed E-state index contributed by atoms with van der Waals surface area (Å²) in [5.41, 5.74) is 0.961. The monoisotopic (exact) mass is 206 g/mol. The van der Waals surface area contributed by atoms with Crippen LogP contribution in [0.4, 0.5) is 0 Å². The van der Waals surface area contributed by atoms with Crippen molar-refractivity contribution in [2.75, 3.05) is 0 Å². The number of nitrogens with one attached hydrogen (secondary N) is 1. The Morgan fingerprint density at radius 3 is 2.73 bits per heavy atom. The zero-order chi connectivity index (χ0) is 10.7. The zero-order valence-electron chi connectivity index (χ0n) is 8.39. The molecule has 0 aromatic carbocycles. The Balaban J connectivity index is 1.78. The highest BCUT2D eigenvalue weighted by atomic mass is 16.3. The zero-order valence-corrected chi connectivity index (χ0v) is 8.39. The van der Waals surface area contributed by atoms with Gasteiger partial charge in [-0.05, 0) is 30.5 Å². The standard InChI is InChI=1S/C11H14N2O2/c14-10-6-9(7-10)13-11(15)5-8-1-3-12-4-2-8/h1-4,9-10,14H,5-7H2,(H,13,15). The second-order valence-corrected chi connectivity index (χ2v) is 3.92. The Labute approximate surface area is 88.3 Å². The van der Waals surface area contributed by atoms with Crippen LogP contribution in [-0.2, 0) is 11.2 Å². The fraction of sp³-hybridized carbons (Fsp3) is 0.455. The number of aliphatic hydroxyl groups is 1. The highest BCUT2D eigenvalue weighted by Crippen LogP contribution is 2.19. The predicted molar refractivity (Wildman–Crippen MR) is 55.1 cm³/mol. The lowest BCUT2D eigenvalue weighted by molar-refractivity contribution is -0.122. The van der Waals surface area contributed by atoms with Crippen LogP contribution in [0.25, 0.3) is 0 Å². The lowest BCUT2D eigenvalue weighted by Gasteiger charge is -2.31. The Hall–Kier alpha value is -1.42. The molecule has 4 nitrogen and oxygen atoms in total. The van der Waals surface area contributed by atoms with Crippen molar-refractivity contribution in [3.8, 4) is 0 Å². The normalized spacial score (nSPS) is 24.3. The molecule has 2 rings (SSSR count). The Morgan fingerprint density at radius 1 is 1.47 bits per heavy atom. The Morgan fingerprint density at radius 2 is 2.13 bits per heavy atom. The van der Waals surface area contributed by atoms with Gasteiger partial charge in [-0.25, -0.2) is 0 Å². The molecule has 0 unspecified atom stereocenters. The number of amides is 1. The first kappa shape index (κ1) is 10.1. The van der Waals surface area contributed by atoms with E-state index in [4.69, 9.17) is 5.11 Å². The lowest BCUT2D eigenvalue weighted by atomic mass is 9.89. The summed E-state index contributed by atoms with van der Waals surface area (Å²) in [6, 6.07) is 3.82. The first-order valence-corrected chi connectivity index (χ1v) is 5.10. The minimum atomic E-state index is -0.226. The maximum Gasteiger partial charge on any atom is 0.224 e. The van der Waals surface area contributed by atoms with Gasteiger partial charge in [-0.15, -0.1) is 0 Å². The van der Waals surface area contributed by atoms with E-state index in [1.54, 1.807) is 12.4 Å². The number of aliphatic hydroxyl groups excluding tert-OH is 1. The number of carbonyl (C=O) groups is 1. The number of carbonyl (C=O) groups excluding carboxylic acids is 1. The summed E-state index contributed by atoms with van der Waals surface area (Å²) >= 11 is 0. The van der Waals surface area contributed by atoms with Gasteiger partial charge in [0.15, 0.2) is 0 Å². The average molecular weight is 206 g/mol. The van der Waals surface area contributed by atoms with Gasteiger partial charge in [0, 0.05) is 18.4 Å². The van der Waals surface area contributed by atoms with Crippen LogP contribution < -0.4 is 5.32 Å². The molecule has 1 aliphatic carbocycles. The summed E-state index contributed by atoms with van der Waals surface area (Å²) < 4.78 is 0. The number of aromatic nitrogens is 1. The van der Waals surface area contributed by atoms with Crippen LogP contribution >= 0.6 is 0 Å². The van der Waals surface area contributed by atoms with Gasteiger partial charge >= 0.3 is 0 Å². The smallest absolute Gasteiger partial charge is 0.224 e. The first-order chi connectivity index (χ1) is 7.24. The lowest BCUT2D eigenvalue weighted by Crippen LogP contribution is -2.47. The minimum Gasteiger partial charge on any atom is -0.393 e. The van der Waals surface area contributed by atoms with Crippen LogP contribution in [0.2, 0.25) is 0 Å². The van der Waals surface area contributed by atoms with E-state index in [0.29, 0.717) is 19.3 Å². The SMILES string of the molecule is O=C(Cc1ccncc1)NC1CC(O)C1. The van der Waals surface area contributed by atoms with Crippen LogP contribution in [0.3, 0.4) is 0 Å². The first-order valence-electron chi connectivity index (χ1n) is 5.10. The molecule has 80 valence electrons. The molecule has 4 heteroatoms. The number of pyridine rings is 1. The van der Waals surface area contributed by atoms with Crippen molar-refractivity contribution in [3.63, 3.8) is 0 Å². The van der Waals surface area contributed by atoms with Gasteiger partial charge in [-0.2, -0.15) is 0 Å². The summed E-state index contributed by atoms with van der Waals surface area (Å²) in [5, 5.41) is 11.9. The highest BCUT2D eigenvalue weighted by Gasteiger charge is 2.28. The van der Waals surface area contributed by atoms with Gasteiger partial charge in [0.05, 0.1) is 12.5 Å². The molecule has 1 amide bonds. The molecule has 1 saturated carbocycles. The van der Waals surface area contributed by atoms with Crippen LogP contribution in [0.15, 0.2) is 24.5 Å². The van der Waals surface area contributed by atoms with Crippen LogP contribution in [0, 0.1) is 0 Å². The van der Waals surface area contributed by atoms with Crippen molar-refractivity contribution in [3.05, 3.63) is 30.1 Å². The Kier molecular flexibility index (Phi) is 2.97. The van der Waals surface area contributed by atoms with Gasteiger partial charge in [-0.1, -0.05) is 0 Å². The van der Waals surface area contributed by atoms with Gasteiger partial charge < -0.3 is 10.4 Å². The summed E-state index contributed by atoms with van der Waals surface area (Å²) in [6.07, 6.45) is 4.88. The molecule has 0 atom stereocenters. The Bertz CT molecular complexity index is 334. The summed E-state index contributed by atoms with van der Waals surface area (Å²) in [4.78, 5) is 15.4. The molecular formula is C11H14N2O2. The molecular weight excluding hydrogens is 192 g/mol. The topological polar surface area (TPSA) is 62.2 Å². The van der Waals surface area contributed by atoms with Crippen molar-refractivity contribution in [2.45, 2.75) is 31.4 Å². The van der Waals surface area contributed by atoms with Gasteiger partial charge in [-0.3, -0.25) is 9.78 Å². The number of rotatable bonds is 3. The van der Waals surface area contributed by atoms with E-state index < -0.39 is 0 Å². The van der Waals surface area contributed by atoms with Crippen LogP contribution in [-0.4, -0.2) is 28.1 Å². The molecule has 1 aromatic rings. The molecule has 1 aromatic heterocycles. The largest absolute Gasteiger partial charge is 0.393 e. The summed E-state index contributed by atoms with van der Waals surface area (Å²) in [6.45, 7) is 0. The minimum absolute atomic E-state index is 0.0121. The predicted octanol–water partition coefficient (Wildman–Crippen LogP) is 0.264. The third-order valence-electron chi connectivity index (χ3n) is 2.59. The van der Waals surface area contributed by atoms with E-state index in [0.717, 1.165) is 5.56 Å². The van der Waals surface area contributed by atoms with E-state index in [1.165, 1.54) is 0 Å². The van der Waals surface area contributed by atoms with Crippen LogP contribution in [0.5, 0.6) is 0 Å². The second-order valence-electron chi connectivity index (χ2n) is 3.92. The molecule has 0 bridgehead atoms. The van der Waals surface area contributed by atoms with E-state index >= 15 is 0 Å². The van der Waals surface area contributed by atoms with Gasteiger partial charge in [0.1, 0.15) is 0 Å². The van der Waals surface area contributed by atoms with Crippen molar-refractivity contribution >= 4 is 5.91 Å². The van der Waals surface area contributed by atoms with Gasteiger partial charge in [0.2, 0.25) is 5.91 Å². The number of hydrogen-bond donors (Lipinski definition) is 2. The fourth-order valence-electron chi connectivity index (χ4n) is 1.67. The quantitative estimate of drug-likeness (QED) is 0.746. The fourth-order valence-corrected chi connectivity index (χ4v) is 1.67. The maximum absolute atomic E-state index is 11.5. The van der Waals surface area contributed by atoms with E-state index in [9.17, 15) is 4.79 Å². The third kappa shape index (κ3) is 2.76. The molecule has 2 N–H and O–H groups in total. The number of hydrogen-bond acceptors (Lipinski definition) is 3. The van der Waals surface area contributed by atoms with Crippen molar-refractivity contribution in [1.29, 1.82) is 0 Å². The summed E-state index contributed by atoms with van der Waals surface area (Å²) in [7, 11) is 0. The maximum atomic E-state index is 11.5. The molecule has 0 saturated heterocycles. The van der Waals surface area contributed by atoms with Gasteiger partial charge in [0.25, 0.3) is 0 Å². The third-order valence-corrected chi connectivity index (χ3v) is 2.59. The molecule has 1 fully saturated rings. The second kappa shape index (κ2) is 4.40. The van der Waals surface area contributed by atoms with Crippen molar-refractivity contribution in [1.82, 2.24) is 10.3 Å². The van der Waals surface area contributed by atoms with E-state index in [1.807, 2.05) is 12.1 Å². The highest BCUT2D eigenvalue weighted by molar-refractivity contribution is 5.78. The molecule has 1 aliphatic rings. The van der Waals surface area contributed by atoms with E-state index in [2.05, 4.69) is 10.3 Å². The molecule has 0 radical (unpaired) electrons. The molecule has 1 heterocycles. The summed E-state index contributed by atoms with van der Waals surface area (Å²) in [5.74, 6) is 0.0121. The average Bonchev–Trinajstić information content (AvgIpc) is 2.17. The molecule has 0 aliphatic heterocycles. The molecule has 15 heavy (non-hydrogen) atoms. The molecule has 0 spiro atoms. The van der Waals surface area contributed by atoms with E-state index in [-0.39, 0.29) is 18.1 Å². The number of nitrogens with zero attached hydrogens (tertiary/aromatic N) is 1. The van der Waals surface area contributed by atoms with Crippen molar-refractivity contribution in [2.24, 2.45) is 0 Å². The van der Waals surface area contributed by atoms with Crippen molar-refractivity contribution < 1.29 is 9.90 Å².